The molecule has 4 heteroatoms. The third kappa shape index (κ3) is 2.39. The Bertz CT molecular complexity index is 322. The summed E-state index contributed by atoms with van der Waals surface area (Å²) in [4.78, 5) is 6.84. The molecular formula is C11H18N4. The first-order chi connectivity index (χ1) is 7.35. The topological polar surface area (TPSA) is 54.2 Å². The average molecular weight is 206 g/mol. The van der Waals surface area contributed by atoms with Crippen LogP contribution in [0.5, 0.6) is 0 Å². The molecule has 0 amide bonds. The Morgan fingerprint density at radius 2 is 2.33 bits per heavy atom. The van der Waals surface area contributed by atoms with Gasteiger partial charge in [0.15, 0.2) is 0 Å². The zero-order valence-corrected chi connectivity index (χ0v) is 9.11. The lowest BCUT2D eigenvalue weighted by molar-refractivity contribution is 0.751. The molecule has 0 unspecified atom stereocenters. The Morgan fingerprint density at radius 3 is 2.93 bits per heavy atom. The Morgan fingerprint density at radius 1 is 1.53 bits per heavy atom. The van der Waals surface area contributed by atoms with Gasteiger partial charge in [-0.05, 0) is 31.4 Å². The van der Waals surface area contributed by atoms with E-state index in [1.54, 1.807) is 0 Å². The highest BCUT2D eigenvalue weighted by Crippen LogP contribution is 2.31. The van der Waals surface area contributed by atoms with Crippen molar-refractivity contribution in [2.45, 2.75) is 32.2 Å². The maximum Gasteiger partial charge on any atom is 0.142 e. The van der Waals surface area contributed by atoms with Crippen LogP contribution in [0.2, 0.25) is 0 Å². The molecule has 82 valence electrons. The molecule has 3 N–H and O–H groups in total. The van der Waals surface area contributed by atoms with E-state index in [0.29, 0.717) is 6.04 Å². The van der Waals surface area contributed by atoms with E-state index in [-0.39, 0.29) is 0 Å². The van der Waals surface area contributed by atoms with Gasteiger partial charge in [0, 0.05) is 12.6 Å². The molecule has 1 aromatic heterocycles. The summed E-state index contributed by atoms with van der Waals surface area (Å²) in [5, 5.41) is 0. The largest absolute Gasteiger partial charge is 0.354 e. The summed E-state index contributed by atoms with van der Waals surface area (Å²) in [5.74, 6) is 7.12. The van der Waals surface area contributed by atoms with Crippen LogP contribution in [0.3, 0.4) is 0 Å². The Labute approximate surface area is 90.5 Å². The SMILES string of the molecule is CCCN(c1cccc(NN)n1)C1CC1. The number of hydrogen-bond donors (Lipinski definition) is 2. The van der Waals surface area contributed by atoms with E-state index in [2.05, 4.69) is 28.3 Å². The van der Waals surface area contributed by atoms with Crippen LogP contribution in [-0.2, 0) is 0 Å². The lowest BCUT2D eigenvalue weighted by atomic mass is 10.3. The van der Waals surface area contributed by atoms with Crippen molar-refractivity contribution in [1.82, 2.24) is 4.98 Å². The number of aromatic nitrogens is 1. The maximum atomic E-state index is 5.35. The Hall–Kier alpha value is -1.29. The van der Waals surface area contributed by atoms with E-state index in [4.69, 9.17) is 5.84 Å². The molecule has 1 heterocycles. The molecule has 1 aliphatic carbocycles. The molecule has 2 rings (SSSR count). The number of nitrogens with zero attached hydrogens (tertiary/aromatic N) is 2. The number of pyridine rings is 1. The molecule has 1 aliphatic rings. The number of nitrogens with one attached hydrogen (secondary N) is 1. The summed E-state index contributed by atoms with van der Waals surface area (Å²) in [7, 11) is 0. The molecule has 0 aliphatic heterocycles. The third-order valence-corrected chi connectivity index (χ3v) is 2.63. The zero-order valence-electron chi connectivity index (χ0n) is 9.11. The molecule has 0 spiro atoms. The van der Waals surface area contributed by atoms with Crippen LogP contribution in [-0.4, -0.2) is 17.6 Å². The summed E-state index contributed by atoms with van der Waals surface area (Å²) >= 11 is 0. The number of rotatable bonds is 5. The minimum absolute atomic E-state index is 0.700. The number of anilines is 2. The van der Waals surface area contributed by atoms with E-state index < -0.39 is 0 Å². The number of hydrazine groups is 1. The van der Waals surface area contributed by atoms with Crippen molar-refractivity contribution >= 4 is 11.6 Å². The standard InChI is InChI=1S/C11H18N4/c1-2-8-15(9-6-7-9)11-5-3-4-10(13-11)14-12/h3-5,9H,2,6-8,12H2,1H3,(H,13,14). The van der Waals surface area contributed by atoms with E-state index in [0.717, 1.165) is 24.6 Å². The first-order valence-corrected chi connectivity index (χ1v) is 5.55. The molecule has 4 nitrogen and oxygen atoms in total. The number of hydrogen-bond acceptors (Lipinski definition) is 4. The molecule has 15 heavy (non-hydrogen) atoms. The lowest BCUT2D eigenvalue weighted by Crippen LogP contribution is -2.27. The molecule has 1 saturated carbocycles. The molecule has 0 atom stereocenters. The van der Waals surface area contributed by atoms with Gasteiger partial charge in [-0.15, -0.1) is 0 Å². The van der Waals surface area contributed by atoms with Crippen LogP contribution in [0, 0.1) is 0 Å². The highest BCUT2D eigenvalue weighted by atomic mass is 15.3. The fourth-order valence-corrected chi connectivity index (χ4v) is 1.77. The summed E-state index contributed by atoms with van der Waals surface area (Å²) in [6.07, 6.45) is 3.74. The van der Waals surface area contributed by atoms with Gasteiger partial charge in [0.05, 0.1) is 0 Å². The van der Waals surface area contributed by atoms with Crippen molar-refractivity contribution < 1.29 is 0 Å². The monoisotopic (exact) mass is 206 g/mol. The smallest absolute Gasteiger partial charge is 0.142 e. The van der Waals surface area contributed by atoms with Gasteiger partial charge in [-0.3, -0.25) is 0 Å². The highest BCUT2D eigenvalue weighted by Gasteiger charge is 2.29. The molecule has 1 aromatic rings. The molecule has 0 radical (unpaired) electrons. The molecule has 1 fully saturated rings. The van der Waals surface area contributed by atoms with Crippen LogP contribution in [0.25, 0.3) is 0 Å². The first-order valence-electron chi connectivity index (χ1n) is 5.55. The molecular weight excluding hydrogens is 188 g/mol. The van der Waals surface area contributed by atoms with Gasteiger partial charge in [0.1, 0.15) is 11.6 Å². The summed E-state index contributed by atoms with van der Waals surface area (Å²) < 4.78 is 0. The average Bonchev–Trinajstić information content (AvgIpc) is 3.10. The molecule has 0 bridgehead atoms. The van der Waals surface area contributed by atoms with E-state index in [1.165, 1.54) is 12.8 Å². The fraction of sp³-hybridized carbons (Fsp3) is 0.545. The van der Waals surface area contributed by atoms with Gasteiger partial charge in [0.2, 0.25) is 0 Å². The van der Waals surface area contributed by atoms with E-state index >= 15 is 0 Å². The zero-order chi connectivity index (χ0) is 10.7. The molecule has 0 saturated heterocycles. The summed E-state index contributed by atoms with van der Waals surface area (Å²) in [6.45, 7) is 3.27. The van der Waals surface area contributed by atoms with Crippen LogP contribution in [0.4, 0.5) is 11.6 Å². The summed E-state index contributed by atoms with van der Waals surface area (Å²) in [5.41, 5.74) is 2.59. The third-order valence-electron chi connectivity index (χ3n) is 2.63. The maximum absolute atomic E-state index is 5.35. The Kier molecular flexibility index (Phi) is 3.06. The van der Waals surface area contributed by atoms with Crippen molar-refractivity contribution in [2.75, 3.05) is 16.9 Å². The second-order valence-electron chi connectivity index (χ2n) is 3.95. The minimum Gasteiger partial charge on any atom is -0.354 e. The van der Waals surface area contributed by atoms with Crippen molar-refractivity contribution in [3.05, 3.63) is 18.2 Å². The highest BCUT2D eigenvalue weighted by molar-refractivity contribution is 5.48. The molecule has 0 aromatic carbocycles. The lowest BCUT2D eigenvalue weighted by Gasteiger charge is -2.23. The van der Waals surface area contributed by atoms with Crippen molar-refractivity contribution in [3.8, 4) is 0 Å². The predicted octanol–water partition coefficient (Wildman–Crippen LogP) is 1.75. The second-order valence-corrected chi connectivity index (χ2v) is 3.95. The van der Waals surface area contributed by atoms with Gasteiger partial charge in [0.25, 0.3) is 0 Å². The number of nitrogens with two attached hydrogens (primary N) is 1. The van der Waals surface area contributed by atoms with Crippen molar-refractivity contribution in [3.63, 3.8) is 0 Å². The number of nitrogen functional groups attached to an aromatic ring is 1. The van der Waals surface area contributed by atoms with Gasteiger partial charge < -0.3 is 10.3 Å². The minimum atomic E-state index is 0.700. The van der Waals surface area contributed by atoms with Gasteiger partial charge >= 0.3 is 0 Å². The van der Waals surface area contributed by atoms with Gasteiger partial charge in [-0.2, -0.15) is 0 Å². The normalized spacial score (nSPS) is 15.1. The van der Waals surface area contributed by atoms with Crippen LogP contribution >= 0.6 is 0 Å². The fourth-order valence-electron chi connectivity index (χ4n) is 1.77. The van der Waals surface area contributed by atoms with E-state index in [1.807, 2.05) is 12.1 Å². The van der Waals surface area contributed by atoms with Gasteiger partial charge in [-0.25, -0.2) is 10.8 Å². The van der Waals surface area contributed by atoms with Crippen molar-refractivity contribution in [2.24, 2.45) is 5.84 Å². The first kappa shape index (κ1) is 10.2. The van der Waals surface area contributed by atoms with Crippen molar-refractivity contribution in [1.29, 1.82) is 0 Å². The van der Waals surface area contributed by atoms with Gasteiger partial charge in [-0.1, -0.05) is 13.0 Å². The van der Waals surface area contributed by atoms with Crippen LogP contribution in [0.15, 0.2) is 18.2 Å². The second kappa shape index (κ2) is 4.49. The van der Waals surface area contributed by atoms with E-state index in [9.17, 15) is 0 Å². The Balaban J connectivity index is 2.16. The summed E-state index contributed by atoms with van der Waals surface area (Å²) in [6, 6.07) is 6.61. The quantitative estimate of drug-likeness (QED) is 0.569. The van der Waals surface area contributed by atoms with Crippen LogP contribution in [0.1, 0.15) is 26.2 Å². The predicted molar refractivity (Wildman–Crippen MR) is 62.7 cm³/mol. The van der Waals surface area contributed by atoms with Crippen LogP contribution < -0.4 is 16.2 Å².